The van der Waals surface area contributed by atoms with Gasteiger partial charge in [-0.25, -0.2) is 8.42 Å². The van der Waals surface area contributed by atoms with Crippen molar-refractivity contribution in [3.05, 3.63) is 0 Å². The number of carbonyl (C=O) groups is 2. The Morgan fingerprint density at radius 1 is 1.12 bits per heavy atom. The highest BCUT2D eigenvalue weighted by molar-refractivity contribution is 7.93. The van der Waals surface area contributed by atoms with E-state index in [1.54, 1.807) is 0 Å². The van der Waals surface area contributed by atoms with Crippen molar-refractivity contribution in [2.45, 2.75) is 44.2 Å². The number of carboxylic acid groups (broad SMARTS) is 1. The summed E-state index contributed by atoms with van der Waals surface area (Å²) in [5.74, 6) is -1.99. The molecule has 0 aromatic heterocycles. The summed E-state index contributed by atoms with van der Waals surface area (Å²) in [6.45, 7) is 5.47. The van der Waals surface area contributed by atoms with Gasteiger partial charge in [0.2, 0.25) is 5.91 Å². The van der Waals surface area contributed by atoms with Crippen LogP contribution in [0.5, 0.6) is 0 Å². The lowest BCUT2D eigenvalue weighted by atomic mass is 10.3. The summed E-state index contributed by atoms with van der Waals surface area (Å²) in [4.78, 5) is 21.9. The average molecular weight is 251 g/mol. The monoisotopic (exact) mass is 251 g/mol. The largest absolute Gasteiger partial charge is 0.480 e. The predicted molar refractivity (Wildman–Crippen MR) is 58.8 cm³/mol. The summed E-state index contributed by atoms with van der Waals surface area (Å²) in [7, 11) is -3.55. The number of carbonyl (C=O) groups excluding carboxylic acids is 1. The lowest BCUT2D eigenvalue weighted by molar-refractivity contribution is -0.141. The highest BCUT2D eigenvalue weighted by Crippen LogP contribution is 2.09. The summed E-state index contributed by atoms with van der Waals surface area (Å²) in [5, 5.41) is 8.77. The zero-order valence-electron chi connectivity index (χ0n) is 9.72. The van der Waals surface area contributed by atoms with E-state index in [4.69, 9.17) is 5.11 Å². The van der Waals surface area contributed by atoms with Gasteiger partial charge < -0.3 is 10.4 Å². The lowest BCUT2D eigenvalue weighted by Gasteiger charge is -2.17. The van der Waals surface area contributed by atoms with Gasteiger partial charge in [-0.15, -0.1) is 0 Å². The first-order valence-electron chi connectivity index (χ1n) is 4.86. The molecule has 2 N–H and O–H groups in total. The maximum atomic E-state index is 11.6. The van der Waals surface area contributed by atoms with Crippen molar-refractivity contribution in [1.29, 1.82) is 0 Å². The fraction of sp³-hybridized carbons (Fsp3) is 0.778. The molecule has 6 nitrogen and oxygen atoms in total. The summed E-state index contributed by atoms with van der Waals surface area (Å²) in [6, 6.07) is -1.10. The molecule has 7 heteroatoms. The van der Waals surface area contributed by atoms with E-state index in [-0.39, 0.29) is 0 Å². The molecule has 0 aliphatic rings. The molecule has 0 aromatic rings. The summed E-state index contributed by atoms with van der Waals surface area (Å²) < 4.78 is 23.2. The van der Waals surface area contributed by atoms with Crippen LogP contribution in [0.1, 0.15) is 27.7 Å². The van der Waals surface area contributed by atoms with E-state index in [1.807, 2.05) is 0 Å². The SMILES string of the molecule is CC(C)S(=O)(=O)C(C)C(=O)N[C@H](C)C(=O)O. The topological polar surface area (TPSA) is 101 Å². The van der Waals surface area contributed by atoms with Crippen molar-refractivity contribution in [3.8, 4) is 0 Å². The van der Waals surface area contributed by atoms with Crippen LogP contribution in [0.4, 0.5) is 0 Å². The Morgan fingerprint density at radius 3 is 1.88 bits per heavy atom. The Labute approximate surface area is 95.0 Å². The van der Waals surface area contributed by atoms with Crippen molar-refractivity contribution in [2.75, 3.05) is 0 Å². The highest BCUT2D eigenvalue weighted by atomic mass is 32.2. The fourth-order valence-electron chi connectivity index (χ4n) is 0.950. The van der Waals surface area contributed by atoms with Gasteiger partial charge in [-0.3, -0.25) is 9.59 Å². The lowest BCUT2D eigenvalue weighted by Crippen LogP contribution is -2.46. The van der Waals surface area contributed by atoms with Crippen LogP contribution in [0, 0.1) is 0 Å². The number of sulfone groups is 1. The minimum atomic E-state index is -3.55. The first kappa shape index (κ1) is 14.9. The van der Waals surface area contributed by atoms with Crippen LogP contribution < -0.4 is 5.32 Å². The van der Waals surface area contributed by atoms with Crippen molar-refractivity contribution < 1.29 is 23.1 Å². The first-order chi connectivity index (χ1) is 7.10. The number of hydrogen-bond acceptors (Lipinski definition) is 4. The Balaban J connectivity index is 4.71. The van der Waals surface area contributed by atoms with Gasteiger partial charge in [-0.1, -0.05) is 0 Å². The molecule has 1 unspecified atom stereocenters. The molecule has 1 amide bonds. The second kappa shape index (κ2) is 5.29. The maximum absolute atomic E-state index is 11.6. The molecule has 0 saturated carbocycles. The van der Waals surface area contributed by atoms with Gasteiger partial charge in [0.15, 0.2) is 9.84 Å². The van der Waals surface area contributed by atoms with Crippen LogP contribution in [-0.4, -0.2) is 41.9 Å². The summed E-state index contributed by atoms with van der Waals surface area (Å²) >= 11 is 0. The Bertz CT molecular complexity index is 373. The third kappa shape index (κ3) is 3.48. The van der Waals surface area contributed by atoms with Crippen molar-refractivity contribution >= 4 is 21.7 Å². The van der Waals surface area contributed by atoms with E-state index in [0.717, 1.165) is 0 Å². The molecule has 16 heavy (non-hydrogen) atoms. The summed E-state index contributed by atoms with van der Waals surface area (Å²) in [6.07, 6.45) is 0. The first-order valence-corrected chi connectivity index (χ1v) is 6.47. The number of amides is 1. The molecule has 0 heterocycles. The molecule has 94 valence electrons. The van der Waals surface area contributed by atoms with Crippen LogP contribution in [-0.2, 0) is 19.4 Å². The van der Waals surface area contributed by atoms with E-state index >= 15 is 0 Å². The van der Waals surface area contributed by atoms with Gasteiger partial charge in [0, 0.05) is 0 Å². The van der Waals surface area contributed by atoms with Gasteiger partial charge in [-0.2, -0.15) is 0 Å². The van der Waals surface area contributed by atoms with Crippen LogP contribution in [0.2, 0.25) is 0 Å². The molecule has 0 rings (SSSR count). The molecule has 2 atom stereocenters. The Morgan fingerprint density at radius 2 is 1.56 bits per heavy atom. The number of rotatable bonds is 5. The van der Waals surface area contributed by atoms with Crippen molar-refractivity contribution in [2.24, 2.45) is 0 Å². The average Bonchev–Trinajstić information content (AvgIpc) is 2.15. The molecule has 0 aliphatic heterocycles. The molecule has 0 aliphatic carbocycles. The second-order valence-electron chi connectivity index (χ2n) is 3.85. The molecule has 0 bridgehead atoms. The number of nitrogens with one attached hydrogen (secondary N) is 1. The highest BCUT2D eigenvalue weighted by Gasteiger charge is 2.31. The van der Waals surface area contributed by atoms with Gasteiger partial charge >= 0.3 is 5.97 Å². The third-order valence-electron chi connectivity index (χ3n) is 2.25. The zero-order chi connectivity index (χ0) is 13.1. The number of hydrogen-bond donors (Lipinski definition) is 2. The van der Waals surface area contributed by atoms with Gasteiger partial charge in [0.05, 0.1) is 5.25 Å². The van der Waals surface area contributed by atoms with E-state index in [1.165, 1.54) is 27.7 Å². The van der Waals surface area contributed by atoms with E-state index in [0.29, 0.717) is 0 Å². The van der Waals surface area contributed by atoms with Crippen molar-refractivity contribution in [3.63, 3.8) is 0 Å². The minimum Gasteiger partial charge on any atom is -0.480 e. The molecule has 0 aromatic carbocycles. The van der Waals surface area contributed by atoms with E-state index < -0.39 is 38.3 Å². The van der Waals surface area contributed by atoms with Gasteiger partial charge in [0.1, 0.15) is 11.3 Å². The smallest absolute Gasteiger partial charge is 0.325 e. The van der Waals surface area contributed by atoms with Gasteiger partial charge in [-0.05, 0) is 27.7 Å². The minimum absolute atomic E-state index is 0.673. The predicted octanol–water partition coefficient (Wildman–Crippen LogP) is -0.213. The Hall–Kier alpha value is -1.11. The van der Waals surface area contributed by atoms with Crippen LogP contribution in [0.15, 0.2) is 0 Å². The molecular formula is C9H17NO5S. The molecule has 0 spiro atoms. The molecule has 0 radical (unpaired) electrons. The van der Waals surface area contributed by atoms with Crippen molar-refractivity contribution in [1.82, 2.24) is 5.32 Å². The van der Waals surface area contributed by atoms with Crippen LogP contribution >= 0.6 is 0 Å². The fourth-order valence-corrected chi connectivity index (χ4v) is 2.13. The second-order valence-corrected chi connectivity index (χ2v) is 6.68. The van der Waals surface area contributed by atoms with Gasteiger partial charge in [0.25, 0.3) is 0 Å². The molecule has 0 fully saturated rings. The van der Waals surface area contributed by atoms with Crippen LogP contribution in [0.25, 0.3) is 0 Å². The van der Waals surface area contributed by atoms with E-state index in [9.17, 15) is 18.0 Å². The molecular weight excluding hydrogens is 234 g/mol. The van der Waals surface area contributed by atoms with E-state index in [2.05, 4.69) is 5.32 Å². The van der Waals surface area contributed by atoms with Crippen LogP contribution in [0.3, 0.4) is 0 Å². The standard InChI is InChI=1S/C9H17NO5S/c1-5(2)16(14,15)7(4)8(11)10-6(3)9(12)13/h5-7H,1-4H3,(H,10,11)(H,12,13)/t6-,7?/m1/s1. The maximum Gasteiger partial charge on any atom is 0.325 e. The zero-order valence-corrected chi connectivity index (χ0v) is 10.5. The molecule has 0 saturated heterocycles. The Kier molecular flexibility index (Phi) is 4.92. The normalized spacial score (nSPS) is 15.6. The number of aliphatic carboxylic acids is 1. The third-order valence-corrected chi connectivity index (χ3v) is 4.76. The quantitative estimate of drug-likeness (QED) is 0.704. The summed E-state index contributed by atoms with van der Waals surface area (Å²) in [5.41, 5.74) is 0. The number of carboxylic acids is 1.